The zero-order valence-corrected chi connectivity index (χ0v) is 32.0. The number of hydrogen-bond acceptors (Lipinski definition) is 2. The van der Waals surface area contributed by atoms with Crippen LogP contribution in [0.5, 0.6) is 0 Å². The first kappa shape index (κ1) is 33.9. The van der Waals surface area contributed by atoms with Crippen molar-refractivity contribution in [2.75, 3.05) is 9.80 Å². The summed E-state index contributed by atoms with van der Waals surface area (Å²) in [6, 6.07) is 89.2. The van der Waals surface area contributed by atoms with Crippen molar-refractivity contribution in [2.24, 2.45) is 0 Å². The van der Waals surface area contributed by atoms with Crippen molar-refractivity contribution in [1.82, 2.24) is 0 Å². The number of anilines is 6. The summed E-state index contributed by atoms with van der Waals surface area (Å²) in [5.74, 6) is 0. The Morgan fingerprint density at radius 2 is 0.500 bits per heavy atom. The minimum Gasteiger partial charge on any atom is -0.310 e. The Balaban J connectivity index is 1.19. The van der Waals surface area contributed by atoms with E-state index in [-0.39, 0.29) is 0 Å². The lowest BCUT2D eigenvalue weighted by Gasteiger charge is -2.48. The Morgan fingerprint density at radius 3 is 0.897 bits per heavy atom. The van der Waals surface area contributed by atoms with Gasteiger partial charge >= 0.3 is 0 Å². The summed E-state index contributed by atoms with van der Waals surface area (Å²) in [4.78, 5) is 4.92. The van der Waals surface area contributed by atoms with E-state index in [4.69, 9.17) is 0 Å². The third-order valence-corrected chi connectivity index (χ3v) is 12.4. The first-order valence-electron chi connectivity index (χ1n) is 20.1. The molecule has 11 rings (SSSR count). The molecule has 274 valence electrons. The van der Waals surface area contributed by atoms with Gasteiger partial charge in [-0.25, -0.2) is 0 Å². The van der Waals surface area contributed by atoms with Crippen LogP contribution in [0.2, 0.25) is 0 Å². The lowest BCUT2D eigenvalue weighted by molar-refractivity contribution is 0.726. The second kappa shape index (κ2) is 13.7. The number of fused-ring (bicyclic) bond motifs is 4. The van der Waals surface area contributed by atoms with Crippen molar-refractivity contribution < 1.29 is 0 Å². The molecule has 2 heteroatoms. The Labute approximate surface area is 340 Å². The van der Waals surface area contributed by atoms with Crippen LogP contribution in [0.4, 0.5) is 34.1 Å². The molecular formula is C56H40N2. The quantitative estimate of drug-likeness (QED) is 0.167. The maximum Gasteiger partial charge on any atom is 0.0743 e. The van der Waals surface area contributed by atoms with Crippen LogP contribution in [0.1, 0.15) is 44.5 Å². The fraction of sp³-hybridized carbons (Fsp3) is 0.0357. The van der Waals surface area contributed by atoms with Crippen LogP contribution in [0.25, 0.3) is 0 Å². The first-order valence-corrected chi connectivity index (χ1v) is 20.1. The molecule has 2 aliphatic heterocycles. The van der Waals surface area contributed by atoms with Crippen molar-refractivity contribution >= 4 is 34.1 Å². The van der Waals surface area contributed by atoms with E-state index in [9.17, 15) is 0 Å². The number of nitrogens with zero attached hydrogens (tertiary/aromatic N) is 2. The molecule has 0 fully saturated rings. The first-order chi connectivity index (χ1) is 28.8. The van der Waals surface area contributed by atoms with Gasteiger partial charge in [0.05, 0.1) is 33.6 Å². The van der Waals surface area contributed by atoms with Gasteiger partial charge in [0.1, 0.15) is 0 Å². The van der Waals surface area contributed by atoms with E-state index in [1.165, 1.54) is 67.3 Å². The van der Waals surface area contributed by atoms with E-state index < -0.39 is 10.8 Å². The highest BCUT2D eigenvalue weighted by molar-refractivity contribution is 5.92. The maximum absolute atomic E-state index is 2.49. The van der Waals surface area contributed by atoms with Crippen LogP contribution in [0.3, 0.4) is 0 Å². The van der Waals surface area contributed by atoms with E-state index >= 15 is 0 Å². The molecule has 0 aliphatic carbocycles. The summed E-state index contributed by atoms with van der Waals surface area (Å²) in [7, 11) is 0. The van der Waals surface area contributed by atoms with Crippen LogP contribution in [-0.4, -0.2) is 0 Å². The van der Waals surface area contributed by atoms with Crippen molar-refractivity contribution in [1.29, 1.82) is 0 Å². The van der Waals surface area contributed by atoms with Gasteiger partial charge in [0, 0.05) is 11.4 Å². The van der Waals surface area contributed by atoms with Gasteiger partial charge in [-0.1, -0.05) is 194 Å². The third-order valence-electron chi connectivity index (χ3n) is 12.4. The molecule has 0 saturated carbocycles. The van der Waals surface area contributed by atoms with Crippen molar-refractivity contribution in [3.63, 3.8) is 0 Å². The minimum atomic E-state index is -0.623. The van der Waals surface area contributed by atoms with Crippen LogP contribution in [-0.2, 0) is 10.8 Å². The van der Waals surface area contributed by atoms with E-state index in [1.54, 1.807) is 0 Å². The zero-order valence-electron chi connectivity index (χ0n) is 32.0. The third kappa shape index (κ3) is 4.85. The SMILES string of the molecule is c1ccc(N2c3ccccc3C(c3ccccc3)(c3cccc(N4c5ccccc5C(c5ccccc5)(c5ccccc5)c5ccccc54)c3)c3ccccc32)cc1. The van der Waals surface area contributed by atoms with Gasteiger partial charge in [-0.2, -0.15) is 0 Å². The molecule has 0 spiro atoms. The van der Waals surface area contributed by atoms with Crippen molar-refractivity contribution in [2.45, 2.75) is 10.8 Å². The number of para-hydroxylation sites is 5. The molecule has 9 aromatic carbocycles. The summed E-state index contributed by atoms with van der Waals surface area (Å²) in [6.07, 6.45) is 0. The highest BCUT2D eigenvalue weighted by atomic mass is 15.2. The molecule has 9 aromatic rings. The number of rotatable bonds is 6. The minimum absolute atomic E-state index is 0.531. The van der Waals surface area contributed by atoms with Crippen molar-refractivity contribution in [3.05, 3.63) is 287 Å². The topological polar surface area (TPSA) is 6.48 Å². The average Bonchev–Trinajstić information content (AvgIpc) is 3.31. The highest BCUT2D eigenvalue weighted by Crippen LogP contribution is 2.60. The predicted octanol–water partition coefficient (Wildman–Crippen LogP) is 14.0. The second-order valence-corrected chi connectivity index (χ2v) is 15.2. The molecule has 0 amide bonds. The van der Waals surface area contributed by atoms with E-state index in [0.717, 1.165) is 11.4 Å². The summed E-state index contributed by atoms with van der Waals surface area (Å²) in [5, 5.41) is 0. The monoisotopic (exact) mass is 740 g/mol. The molecule has 2 aliphatic rings. The standard InChI is InChI=1S/C56H40N2/c1-5-22-41(23-6-1)55(42-24-7-2-8-25-42)47-32-13-19-38-53(47)58(54-39-20-14-33-48(54)55)46-31-21-28-44(40-46)56(43-26-9-3-10-27-43)49-34-15-17-36-51(49)57(45-29-11-4-12-30-45)52-37-18-16-35-50(52)56/h1-40H. The Bertz CT molecular complexity index is 2770. The van der Waals surface area contributed by atoms with Gasteiger partial charge in [0.2, 0.25) is 0 Å². The lowest BCUT2D eigenvalue weighted by atomic mass is 9.62. The van der Waals surface area contributed by atoms with Crippen molar-refractivity contribution in [3.8, 4) is 0 Å². The zero-order chi connectivity index (χ0) is 38.5. The van der Waals surface area contributed by atoms with Gasteiger partial charge in [0.25, 0.3) is 0 Å². The molecule has 0 N–H and O–H groups in total. The molecule has 2 heterocycles. The normalized spacial score (nSPS) is 14.4. The maximum atomic E-state index is 2.49. The Hall–Kier alpha value is -7.42. The molecule has 0 radical (unpaired) electrons. The Morgan fingerprint density at radius 1 is 0.224 bits per heavy atom. The van der Waals surface area contributed by atoms with E-state index in [1.807, 2.05) is 0 Å². The molecular weight excluding hydrogens is 701 g/mol. The molecule has 58 heavy (non-hydrogen) atoms. The highest BCUT2D eigenvalue weighted by Gasteiger charge is 2.48. The second-order valence-electron chi connectivity index (χ2n) is 15.2. The van der Waals surface area contributed by atoms with E-state index in [0.29, 0.717) is 0 Å². The Kier molecular flexibility index (Phi) is 7.97. The van der Waals surface area contributed by atoms with Gasteiger partial charge in [0.15, 0.2) is 0 Å². The van der Waals surface area contributed by atoms with Gasteiger partial charge in [-0.3, -0.25) is 0 Å². The van der Waals surface area contributed by atoms with E-state index in [2.05, 4.69) is 252 Å². The fourth-order valence-electron chi connectivity index (χ4n) is 10.1. The van der Waals surface area contributed by atoms with Gasteiger partial charge in [-0.05, 0) is 93.0 Å². The molecule has 2 nitrogen and oxygen atoms in total. The lowest BCUT2D eigenvalue weighted by Crippen LogP contribution is -2.38. The average molecular weight is 741 g/mol. The van der Waals surface area contributed by atoms with Crippen LogP contribution in [0, 0.1) is 0 Å². The molecule has 0 atom stereocenters. The molecule has 0 bridgehead atoms. The molecule has 0 aromatic heterocycles. The fourth-order valence-corrected chi connectivity index (χ4v) is 10.1. The van der Waals surface area contributed by atoms with Crippen LogP contribution in [0.15, 0.2) is 243 Å². The predicted molar refractivity (Wildman–Crippen MR) is 240 cm³/mol. The largest absolute Gasteiger partial charge is 0.310 e. The summed E-state index contributed by atoms with van der Waals surface area (Å²) >= 11 is 0. The van der Waals surface area contributed by atoms with Gasteiger partial charge < -0.3 is 9.80 Å². The summed E-state index contributed by atoms with van der Waals surface area (Å²) in [6.45, 7) is 0. The number of benzene rings is 9. The number of hydrogen-bond donors (Lipinski definition) is 0. The van der Waals surface area contributed by atoms with Crippen LogP contribution < -0.4 is 9.80 Å². The summed E-state index contributed by atoms with van der Waals surface area (Å²) < 4.78 is 0. The van der Waals surface area contributed by atoms with Gasteiger partial charge in [-0.15, -0.1) is 0 Å². The summed E-state index contributed by atoms with van der Waals surface area (Å²) in [5.41, 5.74) is 15.7. The molecule has 0 saturated heterocycles. The smallest absolute Gasteiger partial charge is 0.0743 e. The van der Waals surface area contributed by atoms with Crippen LogP contribution >= 0.6 is 0 Å². The molecule has 0 unspecified atom stereocenters.